The van der Waals surface area contributed by atoms with Crippen LogP contribution in [-0.4, -0.2) is 11.9 Å². The molecular weight excluding hydrogens is 261 g/mol. The van der Waals surface area contributed by atoms with Crippen LogP contribution in [0.1, 0.15) is 31.6 Å². The lowest BCUT2D eigenvalue weighted by atomic mass is 9.99. The van der Waals surface area contributed by atoms with Gasteiger partial charge in [0.15, 0.2) is 0 Å². The van der Waals surface area contributed by atoms with Gasteiger partial charge < -0.3 is 5.32 Å². The number of halogens is 2. The van der Waals surface area contributed by atoms with E-state index in [1.807, 2.05) is 6.07 Å². The Morgan fingerprint density at radius 1 is 1.31 bits per heavy atom. The molecule has 1 rings (SSSR count). The number of hydrogen-bond donors (Lipinski definition) is 1. The third kappa shape index (κ3) is 4.62. The number of alkyl halides is 1. The van der Waals surface area contributed by atoms with E-state index in [4.69, 9.17) is 23.2 Å². The minimum absolute atomic E-state index is 0.227. The van der Waals surface area contributed by atoms with Gasteiger partial charge in [-0.1, -0.05) is 38.3 Å². The maximum atomic E-state index is 6.33. The summed E-state index contributed by atoms with van der Waals surface area (Å²) in [5.74, 6) is 0.612. The first kappa shape index (κ1) is 14.3. The van der Waals surface area contributed by atoms with Crippen molar-refractivity contribution in [3.8, 4) is 0 Å². The van der Waals surface area contributed by atoms with Crippen molar-refractivity contribution in [2.75, 3.05) is 6.54 Å². The van der Waals surface area contributed by atoms with Gasteiger partial charge >= 0.3 is 0 Å². The first-order valence-electron chi connectivity index (χ1n) is 5.76. The van der Waals surface area contributed by atoms with Crippen molar-refractivity contribution in [3.63, 3.8) is 0 Å². The van der Waals surface area contributed by atoms with E-state index in [2.05, 4.69) is 25.2 Å². The quantitative estimate of drug-likeness (QED) is 0.723. The zero-order valence-corrected chi connectivity index (χ0v) is 12.1. The summed E-state index contributed by atoms with van der Waals surface area (Å²) in [6, 6.07) is 3.99. The molecule has 1 atom stereocenters. The molecule has 4 heteroatoms. The van der Waals surface area contributed by atoms with Gasteiger partial charge in [-0.05, 0) is 18.1 Å². The second-order valence-electron chi connectivity index (χ2n) is 3.93. The largest absolute Gasteiger partial charge is 0.310 e. The fourth-order valence-corrected chi connectivity index (χ4v) is 3.27. The van der Waals surface area contributed by atoms with Crippen LogP contribution in [-0.2, 0) is 6.54 Å². The van der Waals surface area contributed by atoms with Crippen molar-refractivity contribution >= 4 is 34.5 Å². The summed E-state index contributed by atoms with van der Waals surface area (Å²) in [7, 11) is 0. The highest BCUT2D eigenvalue weighted by molar-refractivity contribution is 7.16. The fraction of sp³-hybridized carbons (Fsp3) is 0.667. The number of hydrogen-bond acceptors (Lipinski definition) is 2. The van der Waals surface area contributed by atoms with Gasteiger partial charge in [-0.15, -0.1) is 22.9 Å². The standard InChI is InChI=1S/C12H19Cl2NS/c1-3-9(4-2)11(13)8-15-7-10-5-6-12(14)16-10/h5-6,9,11,15H,3-4,7-8H2,1-2H3. The van der Waals surface area contributed by atoms with Crippen molar-refractivity contribution in [2.24, 2.45) is 5.92 Å². The molecule has 0 amide bonds. The van der Waals surface area contributed by atoms with Crippen LogP contribution in [0.5, 0.6) is 0 Å². The first-order valence-corrected chi connectivity index (χ1v) is 7.39. The number of thiophene rings is 1. The molecule has 0 aliphatic rings. The summed E-state index contributed by atoms with van der Waals surface area (Å²) in [5, 5.41) is 3.61. The van der Waals surface area contributed by atoms with Crippen LogP contribution in [0.4, 0.5) is 0 Å². The SMILES string of the molecule is CCC(CC)C(Cl)CNCc1ccc(Cl)s1. The molecule has 0 saturated heterocycles. The van der Waals surface area contributed by atoms with Crippen molar-refractivity contribution in [3.05, 3.63) is 21.3 Å². The molecule has 0 aliphatic carbocycles. The summed E-state index contributed by atoms with van der Waals surface area (Å²) >= 11 is 13.8. The molecule has 1 nitrogen and oxygen atoms in total. The van der Waals surface area contributed by atoms with Crippen LogP contribution in [0.25, 0.3) is 0 Å². The minimum Gasteiger partial charge on any atom is -0.310 e. The third-order valence-corrected chi connectivity index (χ3v) is 4.57. The van der Waals surface area contributed by atoms with Gasteiger partial charge in [-0.3, -0.25) is 0 Å². The predicted molar refractivity (Wildman–Crippen MR) is 74.7 cm³/mol. The Bertz CT molecular complexity index is 297. The predicted octanol–water partition coefficient (Wildman–Crippen LogP) is 4.53. The van der Waals surface area contributed by atoms with Gasteiger partial charge in [-0.2, -0.15) is 0 Å². The Morgan fingerprint density at radius 2 is 2.00 bits per heavy atom. The topological polar surface area (TPSA) is 12.0 Å². The first-order chi connectivity index (χ1) is 7.67. The average molecular weight is 280 g/mol. The van der Waals surface area contributed by atoms with E-state index >= 15 is 0 Å². The second kappa shape index (κ2) is 7.54. The lowest BCUT2D eigenvalue weighted by Crippen LogP contribution is -2.28. The van der Waals surface area contributed by atoms with Crippen LogP contribution in [0.15, 0.2) is 12.1 Å². The molecule has 1 aromatic rings. The van der Waals surface area contributed by atoms with E-state index in [1.165, 1.54) is 4.88 Å². The van der Waals surface area contributed by atoms with Gasteiger partial charge in [0, 0.05) is 23.3 Å². The van der Waals surface area contributed by atoms with Gasteiger partial charge in [0.1, 0.15) is 0 Å². The maximum Gasteiger partial charge on any atom is 0.0931 e. The summed E-state index contributed by atoms with van der Waals surface area (Å²) in [4.78, 5) is 1.26. The molecule has 16 heavy (non-hydrogen) atoms. The van der Waals surface area contributed by atoms with Crippen LogP contribution in [0.3, 0.4) is 0 Å². The lowest BCUT2D eigenvalue weighted by molar-refractivity contribution is 0.446. The van der Waals surface area contributed by atoms with Crippen LogP contribution in [0.2, 0.25) is 4.34 Å². The summed E-state index contributed by atoms with van der Waals surface area (Å²) in [6.45, 7) is 6.12. The smallest absolute Gasteiger partial charge is 0.0931 e. The molecule has 0 spiro atoms. The molecule has 0 fully saturated rings. The summed E-state index contributed by atoms with van der Waals surface area (Å²) in [6.07, 6.45) is 2.30. The van der Waals surface area contributed by atoms with E-state index in [1.54, 1.807) is 11.3 Å². The highest BCUT2D eigenvalue weighted by Gasteiger charge is 2.14. The molecule has 1 unspecified atom stereocenters. The van der Waals surface area contributed by atoms with Gasteiger partial charge in [0.25, 0.3) is 0 Å². The highest BCUT2D eigenvalue weighted by atomic mass is 35.5. The molecule has 0 bridgehead atoms. The maximum absolute atomic E-state index is 6.33. The van der Waals surface area contributed by atoms with Crippen molar-refractivity contribution in [2.45, 2.75) is 38.6 Å². The van der Waals surface area contributed by atoms with Crippen molar-refractivity contribution in [1.29, 1.82) is 0 Å². The minimum atomic E-state index is 0.227. The van der Waals surface area contributed by atoms with Crippen molar-refractivity contribution in [1.82, 2.24) is 5.32 Å². The Kier molecular flexibility index (Phi) is 6.74. The summed E-state index contributed by atoms with van der Waals surface area (Å²) < 4.78 is 0.846. The Morgan fingerprint density at radius 3 is 2.50 bits per heavy atom. The van der Waals surface area contributed by atoms with E-state index in [9.17, 15) is 0 Å². The highest BCUT2D eigenvalue weighted by Crippen LogP contribution is 2.21. The number of rotatable bonds is 7. The van der Waals surface area contributed by atoms with Crippen LogP contribution in [0, 0.1) is 5.92 Å². The molecule has 0 aromatic carbocycles. The molecule has 0 radical (unpaired) electrons. The normalized spacial score (nSPS) is 13.3. The van der Waals surface area contributed by atoms with Crippen LogP contribution >= 0.6 is 34.5 Å². The van der Waals surface area contributed by atoms with E-state index in [0.717, 1.165) is 30.3 Å². The molecule has 0 aliphatic heterocycles. The van der Waals surface area contributed by atoms with E-state index in [-0.39, 0.29) is 5.38 Å². The monoisotopic (exact) mass is 279 g/mol. The molecular formula is C12H19Cl2NS. The Labute approximate surface area is 112 Å². The van der Waals surface area contributed by atoms with E-state index < -0.39 is 0 Å². The zero-order valence-electron chi connectivity index (χ0n) is 9.80. The third-order valence-electron chi connectivity index (χ3n) is 2.83. The molecule has 1 N–H and O–H groups in total. The van der Waals surface area contributed by atoms with Gasteiger partial charge in [0.2, 0.25) is 0 Å². The fourth-order valence-electron chi connectivity index (χ4n) is 1.75. The Balaban J connectivity index is 2.24. The van der Waals surface area contributed by atoms with Gasteiger partial charge in [-0.25, -0.2) is 0 Å². The molecule has 1 heterocycles. The second-order valence-corrected chi connectivity index (χ2v) is 6.29. The zero-order chi connectivity index (χ0) is 12.0. The molecule has 1 aromatic heterocycles. The summed E-state index contributed by atoms with van der Waals surface area (Å²) in [5.41, 5.74) is 0. The number of nitrogens with one attached hydrogen (secondary N) is 1. The lowest BCUT2D eigenvalue weighted by Gasteiger charge is -2.19. The van der Waals surface area contributed by atoms with Crippen LogP contribution < -0.4 is 5.32 Å². The molecule has 0 saturated carbocycles. The average Bonchev–Trinajstić information content (AvgIpc) is 2.66. The van der Waals surface area contributed by atoms with Gasteiger partial charge in [0.05, 0.1) is 4.34 Å². The Hall–Kier alpha value is 0.240. The van der Waals surface area contributed by atoms with E-state index in [0.29, 0.717) is 5.92 Å². The van der Waals surface area contributed by atoms with Crippen molar-refractivity contribution < 1.29 is 0 Å². The molecule has 92 valence electrons.